The molecule has 0 bridgehead atoms. The van der Waals surface area contributed by atoms with Crippen molar-refractivity contribution in [2.45, 2.75) is 77.0 Å². The van der Waals surface area contributed by atoms with Crippen molar-refractivity contribution in [3.63, 3.8) is 0 Å². The van der Waals surface area contributed by atoms with Crippen LogP contribution in [-0.2, 0) is 0 Å². The lowest BCUT2D eigenvalue weighted by Crippen LogP contribution is -2.44. The van der Waals surface area contributed by atoms with Gasteiger partial charge in [-0.15, -0.1) is 6.58 Å². The Hall–Kier alpha value is -0.660. The number of halogens is 2. The first-order chi connectivity index (χ1) is 9.64. The van der Waals surface area contributed by atoms with Crippen molar-refractivity contribution in [1.29, 1.82) is 0 Å². The number of hydrogen-bond donors (Lipinski definition) is 0. The molecule has 20 heavy (non-hydrogen) atoms. The molecule has 0 spiro atoms. The highest BCUT2D eigenvalue weighted by molar-refractivity contribution is 5.12. The summed E-state index contributed by atoms with van der Waals surface area (Å²) >= 11 is 0. The second-order valence-corrected chi connectivity index (χ2v) is 6.82. The van der Waals surface area contributed by atoms with Crippen LogP contribution < -0.4 is 0 Å². The summed E-state index contributed by atoms with van der Waals surface area (Å²) in [4.78, 5) is 0. The summed E-state index contributed by atoms with van der Waals surface area (Å²) in [6.45, 7) is 3.84. The van der Waals surface area contributed by atoms with Gasteiger partial charge in [0, 0.05) is 0 Å². The molecular formula is C18H28F2. The maximum absolute atomic E-state index is 13.2. The Morgan fingerprint density at radius 1 is 0.900 bits per heavy atom. The van der Waals surface area contributed by atoms with E-state index in [4.69, 9.17) is 0 Å². The monoisotopic (exact) mass is 282 g/mol. The average molecular weight is 282 g/mol. The molecule has 0 nitrogen and oxygen atoms in total. The lowest BCUT2D eigenvalue weighted by molar-refractivity contribution is -0.00542. The molecule has 2 rings (SSSR count). The molecular weight excluding hydrogens is 254 g/mol. The van der Waals surface area contributed by atoms with Crippen molar-refractivity contribution in [2.24, 2.45) is 10.8 Å². The fourth-order valence-corrected chi connectivity index (χ4v) is 4.82. The smallest absolute Gasteiger partial charge is 0.174 e. The van der Waals surface area contributed by atoms with E-state index in [1.807, 2.05) is 6.08 Å². The summed E-state index contributed by atoms with van der Waals surface area (Å²) in [6.07, 6.45) is 15.2. The van der Waals surface area contributed by atoms with E-state index >= 15 is 0 Å². The van der Waals surface area contributed by atoms with Crippen molar-refractivity contribution in [1.82, 2.24) is 0 Å². The third kappa shape index (κ3) is 3.15. The zero-order chi connectivity index (χ0) is 14.5. The van der Waals surface area contributed by atoms with E-state index in [9.17, 15) is 8.78 Å². The van der Waals surface area contributed by atoms with E-state index in [1.54, 1.807) is 0 Å². The van der Waals surface area contributed by atoms with Crippen LogP contribution in [0.1, 0.15) is 77.0 Å². The second-order valence-electron chi connectivity index (χ2n) is 6.82. The molecule has 0 aromatic rings. The van der Waals surface area contributed by atoms with Gasteiger partial charge in [0.25, 0.3) is 6.08 Å². The van der Waals surface area contributed by atoms with Crippen LogP contribution in [0.25, 0.3) is 0 Å². The summed E-state index contributed by atoms with van der Waals surface area (Å²) in [5.74, 6) is 0. The van der Waals surface area contributed by atoms with Crippen LogP contribution in [0.15, 0.2) is 24.8 Å². The Bertz CT molecular complexity index is 340. The van der Waals surface area contributed by atoms with Crippen LogP contribution in [0.4, 0.5) is 8.78 Å². The Morgan fingerprint density at radius 2 is 1.45 bits per heavy atom. The van der Waals surface area contributed by atoms with Gasteiger partial charge in [-0.3, -0.25) is 0 Å². The first kappa shape index (κ1) is 15.7. The fraction of sp³-hybridized carbons (Fsp3) is 0.778. The van der Waals surface area contributed by atoms with Gasteiger partial charge < -0.3 is 0 Å². The van der Waals surface area contributed by atoms with Crippen molar-refractivity contribution < 1.29 is 8.78 Å². The standard InChI is InChI=1S/C18H28F2/c1-2-3-10-17(11-6-4-7-12-17)18(15-16(19)20)13-8-5-9-14-18/h2,15H,1,3-14H2. The highest BCUT2D eigenvalue weighted by Gasteiger charge is 2.50. The van der Waals surface area contributed by atoms with Crippen molar-refractivity contribution in [3.05, 3.63) is 24.8 Å². The normalized spacial score (nSPS) is 24.9. The SMILES string of the molecule is C=CCCC1(C2(C=C(F)F)CCCCC2)CCCCC1. The minimum atomic E-state index is -1.46. The maximum atomic E-state index is 13.2. The Labute approximate surface area is 122 Å². The molecule has 0 heterocycles. The average Bonchev–Trinajstić information content (AvgIpc) is 2.46. The Kier molecular flexibility index (Phi) is 5.40. The summed E-state index contributed by atoms with van der Waals surface area (Å²) in [5.41, 5.74) is -0.142. The minimum absolute atomic E-state index is 0.100. The third-order valence-electron chi connectivity index (χ3n) is 5.83. The molecule has 0 amide bonds. The highest BCUT2D eigenvalue weighted by Crippen LogP contribution is 2.60. The largest absolute Gasteiger partial charge is 0.266 e. The molecule has 0 atom stereocenters. The van der Waals surface area contributed by atoms with E-state index in [-0.39, 0.29) is 10.8 Å². The maximum Gasteiger partial charge on any atom is 0.266 e. The van der Waals surface area contributed by atoms with Crippen LogP contribution in [0, 0.1) is 10.8 Å². The number of hydrogen-bond acceptors (Lipinski definition) is 0. The van der Waals surface area contributed by atoms with Gasteiger partial charge in [-0.05, 0) is 55.4 Å². The molecule has 0 aliphatic heterocycles. The van der Waals surface area contributed by atoms with Crippen LogP contribution >= 0.6 is 0 Å². The van der Waals surface area contributed by atoms with Crippen LogP contribution in [0.2, 0.25) is 0 Å². The van der Waals surface area contributed by atoms with Gasteiger partial charge in [-0.2, -0.15) is 8.78 Å². The van der Waals surface area contributed by atoms with Crippen molar-refractivity contribution in [3.8, 4) is 0 Å². The lowest BCUT2D eigenvalue weighted by Gasteiger charge is -2.53. The molecule has 2 heteroatoms. The van der Waals surface area contributed by atoms with Gasteiger partial charge in [0.2, 0.25) is 0 Å². The van der Waals surface area contributed by atoms with E-state index in [0.717, 1.165) is 51.4 Å². The zero-order valence-corrected chi connectivity index (χ0v) is 12.6. The molecule has 0 aromatic carbocycles. The molecule has 2 aliphatic rings. The van der Waals surface area contributed by atoms with Gasteiger partial charge in [0.05, 0.1) is 0 Å². The summed E-state index contributed by atoms with van der Waals surface area (Å²) in [6, 6.07) is 0. The molecule has 0 unspecified atom stereocenters. The molecule has 0 saturated heterocycles. The van der Waals surface area contributed by atoms with Gasteiger partial charge in [-0.1, -0.05) is 44.6 Å². The molecule has 2 aliphatic carbocycles. The van der Waals surface area contributed by atoms with Gasteiger partial charge in [-0.25, -0.2) is 0 Å². The minimum Gasteiger partial charge on any atom is -0.174 e. The summed E-state index contributed by atoms with van der Waals surface area (Å²) < 4.78 is 26.3. The first-order valence-electron chi connectivity index (χ1n) is 8.29. The molecule has 0 radical (unpaired) electrons. The first-order valence-corrected chi connectivity index (χ1v) is 8.29. The molecule has 0 aromatic heterocycles. The van der Waals surface area contributed by atoms with E-state index < -0.39 is 6.08 Å². The second kappa shape index (κ2) is 6.87. The van der Waals surface area contributed by atoms with E-state index in [1.165, 1.54) is 31.8 Å². The summed E-state index contributed by atoms with van der Waals surface area (Å²) in [5, 5.41) is 0. The predicted octanol–water partition coefficient (Wildman–Crippen LogP) is 6.63. The molecule has 2 saturated carbocycles. The number of allylic oxidation sites excluding steroid dienone is 2. The third-order valence-corrected chi connectivity index (χ3v) is 5.83. The fourth-order valence-electron chi connectivity index (χ4n) is 4.82. The van der Waals surface area contributed by atoms with E-state index in [2.05, 4.69) is 6.58 Å². The topological polar surface area (TPSA) is 0 Å². The van der Waals surface area contributed by atoms with Crippen LogP contribution in [0.3, 0.4) is 0 Å². The van der Waals surface area contributed by atoms with Crippen LogP contribution in [0.5, 0.6) is 0 Å². The Morgan fingerprint density at radius 3 is 1.95 bits per heavy atom. The summed E-state index contributed by atoms with van der Waals surface area (Å²) in [7, 11) is 0. The predicted molar refractivity (Wildman–Crippen MR) is 80.8 cm³/mol. The quantitative estimate of drug-likeness (QED) is 0.496. The van der Waals surface area contributed by atoms with Crippen LogP contribution in [-0.4, -0.2) is 0 Å². The Balaban J connectivity index is 2.34. The zero-order valence-electron chi connectivity index (χ0n) is 12.6. The molecule has 114 valence electrons. The van der Waals surface area contributed by atoms with E-state index in [0.29, 0.717) is 0 Å². The number of rotatable bonds is 5. The highest BCUT2D eigenvalue weighted by atomic mass is 19.3. The lowest BCUT2D eigenvalue weighted by atomic mass is 9.51. The van der Waals surface area contributed by atoms with Gasteiger partial charge >= 0.3 is 0 Å². The molecule has 0 N–H and O–H groups in total. The molecule has 2 fully saturated rings. The van der Waals surface area contributed by atoms with Crippen molar-refractivity contribution >= 4 is 0 Å². The van der Waals surface area contributed by atoms with Gasteiger partial charge in [0.1, 0.15) is 0 Å². The van der Waals surface area contributed by atoms with Crippen molar-refractivity contribution in [2.75, 3.05) is 0 Å². The van der Waals surface area contributed by atoms with Gasteiger partial charge in [0.15, 0.2) is 0 Å².